The molecule has 24 heavy (non-hydrogen) atoms. The number of carbonyl (C=O) groups excluding carboxylic acids is 1. The van der Waals surface area contributed by atoms with E-state index in [4.69, 9.17) is 0 Å². The normalized spacial score (nSPS) is 24.0. The summed E-state index contributed by atoms with van der Waals surface area (Å²) < 4.78 is 0. The number of carbonyl (C=O) groups is 1. The predicted molar refractivity (Wildman–Crippen MR) is 94.8 cm³/mol. The van der Waals surface area contributed by atoms with Gasteiger partial charge in [0.1, 0.15) is 5.69 Å². The average Bonchev–Trinajstić information content (AvgIpc) is 3.47. The van der Waals surface area contributed by atoms with Crippen LogP contribution in [0, 0.1) is 5.92 Å². The highest BCUT2D eigenvalue weighted by Crippen LogP contribution is 2.36. The number of hydrogen-bond donors (Lipinski definition) is 0. The Morgan fingerprint density at radius 1 is 1.04 bits per heavy atom. The number of hydrogen-bond acceptors (Lipinski definition) is 3. The van der Waals surface area contributed by atoms with Crippen LogP contribution in [0.25, 0.3) is 11.0 Å². The van der Waals surface area contributed by atoms with E-state index in [0.29, 0.717) is 17.8 Å². The predicted octanol–water partition coefficient (Wildman–Crippen LogP) is 4.20. The first-order valence-corrected chi connectivity index (χ1v) is 9.30. The van der Waals surface area contributed by atoms with E-state index >= 15 is 0 Å². The van der Waals surface area contributed by atoms with Crippen molar-refractivity contribution in [1.29, 1.82) is 0 Å². The van der Waals surface area contributed by atoms with Crippen LogP contribution in [0.2, 0.25) is 0 Å². The maximum atomic E-state index is 13.1. The minimum absolute atomic E-state index is 0.0794. The lowest BCUT2D eigenvalue weighted by atomic mass is 9.83. The summed E-state index contributed by atoms with van der Waals surface area (Å²) in [7, 11) is 0. The Morgan fingerprint density at radius 2 is 1.67 bits per heavy atom. The van der Waals surface area contributed by atoms with Gasteiger partial charge in [0.05, 0.1) is 17.2 Å². The van der Waals surface area contributed by atoms with E-state index in [1.807, 2.05) is 24.3 Å². The molecule has 4 rings (SSSR count). The van der Waals surface area contributed by atoms with Gasteiger partial charge < -0.3 is 4.90 Å². The van der Waals surface area contributed by atoms with E-state index in [-0.39, 0.29) is 5.91 Å². The molecule has 2 aliphatic rings. The van der Waals surface area contributed by atoms with Gasteiger partial charge in [0, 0.05) is 12.1 Å². The van der Waals surface area contributed by atoms with E-state index in [0.717, 1.165) is 42.6 Å². The van der Waals surface area contributed by atoms with Gasteiger partial charge in [-0.1, -0.05) is 25.5 Å². The number of para-hydroxylation sites is 2. The van der Waals surface area contributed by atoms with Crippen molar-refractivity contribution >= 4 is 16.9 Å². The fraction of sp³-hybridized carbons (Fsp3) is 0.550. The molecule has 126 valence electrons. The van der Waals surface area contributed by atoms with Crippen molar-refractivity contribution < 1.29 is 4.79 Å². The molecule has 4 nitrogen and oxygen atoms in total. The summed E-state index contributed by atoms with van der Waals surface area (Å²) in [5, 5.41) is 0. The molecule has 0 radical (unpaired) electrons. The van der Waals surface area contributed by atoms with Crippen LogP contribution in [0.5, 0.6) is 0 Å². The number of aromatic nitrogens is 2. The smallest absolute Gasteiger partial charge is 0.274 e. The van der Waals surface area contributed by atoms with E-state index in [2.05, 4.69) is 21.8 Å². The van der Waals surface area contributed by atoms with Gasteiger partial charge in [0.15, 0.2) is 0 Å². The maximum Gasteiger partial charge on any atom is 0.274 e. The molecule has 1 aromatic heterocycles. The first-order chi connectivity index (χ1) is 11.8. The number of fused-ring (bicyclic) bond motifs is 1. The van der Waals surface area contributed by atoms with E-state index < -0.39 is 0 Å². The Bertz CT molecular complexity index is 732. The molecule has 0 saturated heterocycles. The Balaban J connectivity index is 1.57. The van der Waals surface area contributed by atoms with Crippen molar-refractivity contribution in [3.8, 4) is 0 Å². The molecule has 0 spiro atoms. The third-order valence-corrected chi connectivity index (χ3v) is 5.63. The number of rotatable bonds is 4. The maximum absolute atomic E-state index is 13.1. The number of benzene rings is 1. The molecular formula is C20H25N3O. The van der Waals surface area contributed by atoms with Crippen LogP contribution in [0.3, 0.4) is 0 Å². The summed E-state index contributed by atoms with van der Waals surface area (Å²) in [6.45, 7) is 2.28. The summed E-state index contributed by atoms with van der Waals surface area (Å²) in [5.41, 5.74) is 2.14. The summed E-state index contributed by atoms with van der Waals surface area (Å²) in [6.07, 6.45) is 9.98. The molecule has 0 unspecified atom stereocenters. The summed E-state index contributed by atoms with van der Waals surface area (Å²) in [6, 6.07) is 8.56. The lowest BCUT2D eigenvalue weighted by molar-refractivity contribution is 0.0581. The second-order valence-electron chi connectivity index (χ2n) is 7.27. The first kappa shape index (κ1) is 15.6. The largest absolute Gasteiger partial charge is 0.331 e. The molecular weight excluding hydrogens is 298 g/mol. The molecule has 2 saturated carbocycles. The molecule has 1 amide bonds. The van der Waals surface area contributed by atoms with Gasteiger partial charge in [-0.15, -0.1) is 0 Å². The zero-order valence-corrected chi connectivity index (χ0v) is 14.3. The van der Waals surface area contributed by atoms with Gasteiger partial charge in [-0.25, -0.2) is 4.98 Å². The van der Waals surface area contributed by atoms with Crippen molar-refractivity contribution in [2.24, 2.45) is 5.92 Å². The molecule has 1 heterocycles. The van der Waals surface area contributed by atoms with Crippen LogP contribution in [-0.2, 0) is 0 Å². The molecule has 2 aromatic rings. The van der Waals surface area contributed by atoms with Crippen LogP contribution < -0.4 is 0 Å². The first-order valence-electron chi connectivity index (χ1n) is 9.30. The highest BCUT2D eigenvalue weighted by Gasteiger charge is 2.39. The van der Waals surface area contributed by atoms with Crippen molar-refractivity contribution in [3.05, 3.63) is 36.2 Å². The monoisotopic (exact) mass is 323 g/mol. The Kier molecular flexibility index (Phi) is 4.21. The zero-order chi connectivity index (χ0) is 16.5. The molecule has 1 aromatic carbocycles. The van der Waals surface area contributed by atoms with Crippen molar-refractivity contribution in [2.45, 2.75) is 64.0 Å². The Morgan fingerprint density at radius 3 is 2.29 bits per heavy atom. The van der Waals surface area contributed by atoms with Crippen LogP contribution in [-0.4, -0.2) is 32.9 Å². The fourth-order valence-corrected chi connectivity index (χ4v) is 4.01. The second kappa shape index (κ2) is 6.50. The third kappa shape index (κ3) is 3.02. The van der Waals surface area contributed by atoms with E-state index in [9.17, 15) is 4.79 Å². The lowest BCUT2D eigenvalue weighted by Crippen LogP contribution is -2.44. The average molecular weight is 323 g/mol. The van der Waals surface area contributed by atoms with Gasteiger partial charge in [-0.3, -0.25) is 9.78 Å². The third-order valence-electron chi connectivity index (χ3n) is 5.63. The topological polar surface area (TPSA) is 46.1 Å². The van der Waals surface area contributed by atoms with E-state index in [1.54, 1.807) is 6.20 Å². The molecule has 2 fully saturated rings. The van der Waals surface area contributed by atoms with Crippen molar-refractivity contribution in [1.82, 2.24) is 14.9 Å². The zero-order valence-electron chi connectivity index (χ0n) is 14.3. The summed E-state index contributed by atoms with van der Waals surface area (Å²) >= 11 is 0. The highest BCUT2D eigenvalue weighted by molar-refractivity contribution is 5.94. The standard InChI is InChI=1S/C20H25N3O/c1-2-14-7-9-15(10-8-14)23(16-11-12-16)20(24)19-13-21-17-5-3-4-6-18(17)22-19/h3-6,13-16H,2,7-12H2,1H3. The molecule has 0 bridgehead atoms. The van der Waals surface area contributed by atoms with Gasteiger partial charge in [-0.2, -0.15) is 0 Å². The van der Waals surface area contributed by atoms with Crippen LogP contribution in [0.4, 0.5) is 0 Å². The Labute approximate surface area is 143 Å². The molecule has 2 aliphatic carbocycles. The summed E-state index contributed by atoms with van der Waals surface area (Å²) in [5.74, 6) is 0.925. The van der Waals surface area contributed by atoms with Crippen LogP contribution in [0.15, 0.2) is 30.5 Å². The molecule has 0 aliphatic heterocycles. The number of amides is 1. The van der Waals surface area contributed by atoms with Crippen molar-refractivity contribution in [2.75, 3.05) is 0 Å². The van der Waals surface area contributed by atoms with Crippen LogP contribution >= 0.6 is 0 Å². The van der Waals surface area contributed by atoms with Gasteiger partial charge >= 0.3 is 0 Å². The van der Waals surface area contributed by atoms with Gasteiger partial charge in [0.2, 0.25) is 0 Å². The van der Waals surface area contributed by atoms with Crippen LogP contribution in [0.1, 0.15) is 62.4 Å². The van der Waals surface area contributed by atoms with Gasteiger partial charge in [-0.05, 0) is 56.6 Å². The SMILES string of the molecule is CCC1CCC(N(C(=O)c2cnc3ccccc3n2)C2CC2)CC1. The molecule has 4 heteroatoms. The second-order valence-corrected chi connectivity index (χ2v) is 7.27. The van der Waals surface area contributed by atoms with Gasteiger partial charge in [0.25, 0.3) is 5.91 Å². The quantitative estimate of drug-likeness (QED) is 0.847. The molecule has 0 N–H and O–H groups in total. The number of nitrogens with zero attached hydrogens (tertiary/aromatic N) is 3. The minimum atomic E-state index is 0.0794. The highest BCUT2D eigenvalue weighted by atomic mass is 16.2. The minimum Gasteiger partial charge on any atom is -0.331 e. The summed E-state index contributed by atoms with van der Waals surface area (Å²) in [4.78, 5) is 24.3. The molecule has 0 atom stereocenters. The Hall–Kier alpha value is -1.97. The fourth-order valence-electron chi connectivity index (χ4n) is 4.01. The lowest BCUT2D eigenvalue weighted by Gasteiger charge is -2.37. The van der Waals surface area contributed by atoms with Crippen molar-refractivity contribution in [3.63, 3.8) is 0 Å². The van der Waals surface area contributed by atoms with E-state index in [1.165, 1.54) is 19.3 Å².